The number of carboxylic acids is 1. The SMILES string of the molecule is CC.CC.CNC(=O)c1ccc(NCC#Cc2cc3c(NC4CCN(CCCCC(=O)O)CC4)cccc3n2CC(F)(F)F)c(OC)c1.SI. The summed E-state index contributed by atoms with van der Waals surface area (Å²) in [5.41, 5.74) is 2.51. The lowest BCUT2D eigenvalue weighted by Gasteiger charge is -2.33. The summed E-state index contributed by atoms with van der Waals surface area (Å²) < 4.78 is 47.4. The van der Waals surface area contributed by atoms with Crippen LogP contribution in [0.1, 0.15) is 75.9 Å². The van der Waals surface area contributed by atoms with Gasteiger partial charge in [-0.25, -0.2) is 0 Å². The fraction of sp³-hybridized carbons (Fsp3) is 0.500. The molecule has 1 aromatic heterocycles. The third-order valence-corrected chi connectivity index (χ3v) is 7.62. The van der Waals surface area contributed by atoms with Gasteiger partial charge in [-0.05, 0) is 95.8 Å². The fourth-order valence-corrected chi connectivity index (χ4v) is 5.39. The number of halogens is 4. The van der Waals surface area contributed by atoms with Crippen LogP contribution >= 0.6 is 31.0 Å². The van der Waals surface area contributed by atoms with Gasteiger partial charge >= 0.3 is 12.1 Å². The molecule has 1 aliphatic heterocycles. The Morgan fingerprint density at radius 3 is 2.32 bits per heavy atom. The van der Waals surface area contributed by atoms with Crippen LogP contribution in [0, 0.1) is 11.8 Å². The summed E-state index contributed by atoms with van der Waals surface area (Å²) in [6.45, 7) is 9.59. The Morgan fingerprint density at radius 1 is 1.04 bits per heavy atom. The number of fused-ring (bicyclic) bond motifs is 1. The van der Waals surface area contributed by atoms with Gasteiger partial charge in [0.2, 0.25) is 0 Å². The highest BCUT2D eigenvalue weighted by molar-refractivity contribution is 14.2. The van der Waals surface area contributed by atoms with E-state index < -0.39 is 18.7 Å². The van der Waals surface area contributed by atoms with Crippen molar-refractivity contribution in [1.82, 2.24) is 14.8 Å². The van der Waals surface area contributed by atoms with E-state index in [1.807, 2.05) is 55.0 Å². The highest BCUT2D eigenvalue weighted by Gasteiger charge is 2.30. The van der Waals surface area contributed by atoms with Crippen LogP contribution < -0.4 is 20.7 Å². The smallest absolute Gasteiger partial charge is 0.406 e. The number of hydrogen-bond acceptors (Lipinski definition) is 7. The van der Waals surface area contributed by atoms with E-state index in [4.69, 9.17) is 9.84 Å². The maximum Gasteiger partial charge on any atom is 0.406 e. The van der Waals surface area contributed by atoms with Gasteiger partial charge < -0.3 is 35.3 Å². The molecule has 50 heavy (non-hydrogen) atoms. The molecule has 0 saturated carbocycles. The average molecular weight is 834 g/mol. The molecule has 1 fully saturated rings. The minimum Gasteiger partial charge on any atom is -0.495 e. The quantitative estimate of drug-likeness (QED) is 0.0540. The molecule has 0 bridgehead atoms. The number of nitrogens with zero attached hydrogens (tertiary/aromatic N) is 2. The van der Waals surface area contributed by atoms with E-state index >= 15 is 0 Å². The topological polar surface area (TPSA) is 108 Å². The molecule has 0 unspecified atom stereocenters. The van der Waals surface area contributed by atoms with Gasteiger partial charge in [0.05, 0.1) is 30.6 Å². The van der Waals surface area contributed by atoms with Crippen LogP contribution in [0.25, 0.3) is 10.9 Å². The largest absolute Gasteiger partial charge is 0.495 e. The molecular formula is C36H51F3IN5O4S. The van der Waals surface area contributed by atoms with Crippen molar-refractivity contribution in [2.45, 2.75) is 78.6 Å². The van der Waals surface area contributed by atoms with Crippen LogP contribution in [0.5, 0.6) is 5.75 Å². The van der Waals surface area contributed by atoms with Gasteiger partial charge in [-0.2, -0.15) is 13.2 Å². The molecule has 0 atom stereocenters. The summed E-state index contributed by atoms with van der Waals surface area (Å²) in [6.07, 6.45) is -0.989. The first-order valence-electron chi connectivity index (χ1n) is 16.8. The van der Waals surface area contributed by atoms with Crippen LogP contribution in [0.2, 0.25) is 0 Å². The number of rotatable bonds is 12. The van der Waals surface area contributed by atoms with Crippen LogP contribution in [0.15, 0.2) is 42.5 Å². The number of carbonyl (C=O) groups excluding carboxylic acids is 1. The van der Waals surface area contributed by atoms with Crippen molar-refractivity contribution < 1.29 is 32.6 Å². The Labute approximate surface area is 312 Å². The van der Waals surface area contributed by atoms with E-state index in [2.05, 4.69) is 42.5 Å². The third kappa shape index (κ3) is 14.5. The Kier molecular flexibility index (Phi) is 21.5. The van der Waals surface area contributed by atoms with Crippen molar-refractivity contribution in [1.29, 1.82) is 0 Å². The predicted molar refractivity (Wildman–Crippen MR) is 210 cm³/mol. The molecule has 0 aliphatic carbocycles. The zero-order valence-electron chi connectivity index (χ0n) is 29.7. The molecule has 1 saturated heterocycles. The second kappa shape index (κ2) is 24.0. The molecule has 278 valence electrons. The average Bonchev–Trinajstić information content (AvgIpc) is 3.47. The summed E-state index contributed by atoms with van der Waals surface area (Å²) in [6, 6.07) is 12.1. The maximum absolute atomic E-state index is 13.6. The molecule has 2 heterocycles. The van der Waals surface area contributed by atoms with E-state index in [1.165, 1.54) is 18.7 Å². The van der Waals surface area contributed by atoms with Gasteiger partial charge in [-0.3, -0.25) is 9.59 Å². The fourth-order valence-electron chi connectivity index (χ4n) is 5.39. The lowest BCUT2D eigenvalue weighted by molar-refractivity contribution is -0.140. The zero-order valence-corrected chi connectivity index (χ0v) is 32.8. The van der Waals surface area contributed by atoms with E-state index in [-0.39, 0.29) is 30.6 Å². The highest BCUT2D eigenvalue weighted by Crippen LogP contribution is 2.31. The molecule has 0 radical (unpaired) electrons. The number of ether oxygens (including phenoxy) is 1. The molecule has 1 amide bonds. The number of methoxy groups -OCH3 is 1. The van der Waals surface area contributed by atoms with Crippen molar-refractivity contribution >= 4 is 65.2 Å². The number of hydrogen-bond donors (Lipinski definition) is 5. The molecule has 0 spiro atoms. The van der Waals surface area contributed by atoms with E-state index in [1.54, 1.807) is 36.4 Å². The second-order valence-corrected chi connectivity index (χ2v) is 10.7. The first-order chi connectivity index (χ1) is 24.1. The molecule has 4 rings (SSSR count). The first kappa shape index (κ1) is 44.7. The monoisotopic (exact) mass is 833 g/mol. The Bertz CT molecular complexity index is 1530. The number of aliphatic carboxylic acids is 1. The normalized spacial score (nSPS) is 12.8. The number of thiol groups is 1. The number of aromatic nitrogens is 1. The summed E-state index contributed by atoms with van der Waals surface area (Å²) in [5, 5.41) is 18.7. The summed E-state index contributed by atoms with van der Waals surface area (Å²) in [7, 11) is 6.51. The summed E-state index contributed by atoms with van der Waals surface area (Å²) in [4.78, 5) is 25.0. The van der Waals surface area contributed by atoms with Gasteiger partial charge in [0.25, 0.3) is 5.91 Å². The van der Waals surface area contributed by atoms with E-state index in [0.29, 0.717) is 34.3 Å². The van der Waals surface area contributed by atoms with Gasteiger partial charge in [0, 0.05) is 49.2 Å². The first-order valence-corrected chi connectivity index (χ1v) is 20.0. The lowest BCUT2D eigenvalue weighted by atomic mass is 10.0. The van der Waals surface area contributed by atoms with Crippen molar-refractivity contribution in [3.8, 4) is 17.6 Å². The van der Waals surface area contributed by atoms with Crippen molar-refractivity contribution in [2.24, 2.45) is 0 Å². The molecule has 1 aliphatic rings. The zero-order chi connectivity index (χ0) is 37.7. The number of carboxylic acid groups (broad SMARTS) is 1. The standard InChI is InChI=1S/C32H38F3N5O4.2C2H6.HIS/c1-36-31(43)22-11-12-27(29(19-22)44-2)37-15-6-7-24-20-25-26(8-5-9-28(25)40(24)21-32(33,34)35)38-23-13-17-39(18-14-23)16-4-3-10-30(41)42;3*1-2/h5,8-9,11-12,19-20,23,37-38H,3-4,10,13-18,21H2,1-2H3,(H,36,43)(H,41,42);2*1-2H3;2H. The van der Waals surface area contributed by atoms with Crippen LogP contribution in [-0.4, -0.2) is 79.0 Å². The second-order valence-electron chi connectivity index (χ2n) is 10.7. The predicted octanol–water partition coefficient (Wildman–Crippen LogP) is 8.49. The molecule has 9 nitrogen and oxygen atoms in total. The summed E-state index contributed by atoms with van der Waals surface area (Å²) in [5.74, 6) is 5.26. The van der Waals surface area contributed by atoms with Crippen molar-refractivity contribution in [3.63, 3.8) is 0 Å². The van der Waals surface area contributed by atoms with Crippen molar-refractivity contribution in [2.75, 3.05) is 51.0 Å². The summed E-state index contributed by atoms with van der Waals surface area (Å²) >= 11 is 1.84. The highest BCUT2D eigenvalue weighted by atomic mass is 127. The molecule has 2 aromatic carbocycles. The lowest BCUT2D eigenvalue weighted by Crippen LogP contribution is -2.39. The maximum atomic E-state index is 13.6. The number of amides is 1. The molecule has 4 N–H and O–H groups in total. The van der Waals surface area contributed by atoms with Crippen LogP contribution in [-0.2, 0) is 11.3 Å². The van der Waals surface area contributed by atoms with E-state index in [0.717, 1.165) is 44.6 Å². The molecular weight excluding hydrogens is 782 g/mol. The number of nitrogens with one attached hydrogen (secondary N) is 3. The van der Waals surface area contributed by atoms with Crippen LogP contribution in [0.3, 0.4) is 0 Å². The minimum atomic E-state index is -4.43. The van der Waals surface area contributed by atoms with Crippen molar-refractivity contribution in [3.05, 3.63) is 53.7 Å². The number of benzene rings is 2. The number of likely N-dealkylation sites (tertiary alicyclic amines) is 1. The minimum absolute atomic E-state index is 0.142. The number of anilines is 2. The van der Waals surface area contributed by atoms with Gasteiger partial charge in [0.15, 0.2) is 0 Å². The molecule has 14 heteroatoms. The third-order valence-electron chi connectivity index (χ3n) is 7.62. The van der Waals surface area contributed by atoms with Crippen LogP contribution in [0.4, 0.5) is 24.5 Å². The number of alkyl halides is 3. The van der Waals surface area contributed by atoms with E-state index in [9.17, 15) is 22.8 Å². The number of unbranched alkanes of at least 4 members (excludes halogenated alkanes) is 1. The Morgan fingerprint density at radius 2 is 1.72 bits per heavy atom. The van der Waals surface area contributed by atoms with Gasteiger partial charge in [-0.15, -0.1) is 9.80 Å². The Hall–Kier alpha value is -3.29. The number of carbonyl (C=O) groups is 2. The van der Waals surface area contributed by atoms with Gasteiger partial charge in [-0.1, -0.05) is 39.7 Å². The van der Waals surface area contributed by atoms with Gasteiger partial charge in [0.1, 0.15) is 12.3 Å². The number of piperidine rings is 1. The Balaban J connectivity index is 0.00000197. The molecule has 3 aromatic rings.